The summed E-state index contributed by atoms with van der Waals surface area (Å²) in [6.07, 6.45) is 1.56. The van der Waals surface area contributed by atoms with Crippen LogP contribution < -0.4 is 9.47 Å². The Kier molecular flexibility index (Phi) is 7.66. The number of rotatable bonds is 9. The molecule has 0 atom stereocenters. The summed E-state index contributed by atoms with van der Waals surface area (Å²) in [7, 11) is 0. The molecule has 1 fully saturated rings. The van der Waals surface area contributed by atoms with Crippen molar-refractivity contribution in [2.24, 2.45) is 0 Å². The van der Waals surface area contributed by atoms with Gasteiger partial charge < -0.3 is 9.47 Å². The number of hydrogen-bond acceptors (Lipinski definition) is 9. The van der Waals surface area contributed by atoms with Crippen molar-refractivity contribution in [2.75, 3.05) is 6.61 Å². The standard InChI is InChI=1S/C29H21N3O8S/c1-2-39-26-14-18(10-12-25(26)40-24-13-11-21(31(35)36)16-23(24)32(37)38)15-27-28(33)30(29(34)41-27)17-20-8-5-7-19-6-3-4-9-22(19)20/h3-16H,2,17H2,1H3/b27-15+. The number of amides is 2. The lowest BCUT2D eigenvalue weighted by molar-refractivity contribution is -0.394. The zero-order valence-electron chi connectivity index (χ0n) is 21.5. The van der Waals surface area contributed by atoms with Crippen LogP contribution in [0.3, 0.4) is 0 Å². The Morgan fingerprint density at radius 2 is 1.63 bits per heavy atom. The lowest BCUT2D eigenvalue weighted by Gasteiger charge is -2.14. The van der Waals surface area contributed by atoms with Crippen LogP contribution in [0.1, 0.15) is 18.1 Å². The van der Waals surface area contributed by atoms with Crippen molar-refractivity contribution < 1.29 is 28.9 Å². The summed E-state index contributed by atoms with van der Waals surface area (Å²) in [6.45, 7) is 2.11. The average Bonchev–Trinajstić information content (AvgIpc) is 3.21. The number of nitro benzene ring substituents is 2. The van der Waals surface area contributed by atoms with Crippen LogP contribution in [0.2, 0.25) is 0 Å². The molecule has 4 aromatic rings. The first-order chi connectivity index (χ1) is 19.7. The minimum absolute atomic E-state index is 0.130. The highest BCUT2D eigenvalue weighted by molar-refractivity contribution is 8.18. The van der Waals surface area contributed by atoms with E-state index in [0.717, 1.165) is 46.3 Å². The molecular weight excluding hydrogens is 550 g/mol. The van der Waals surface area contributed by atoms with Gasteiger partial charge in [-0.05, 0) is 64.9 Å². The normalized spacial score (nSPS) is 14.1. The van der Waals surface area contributed by atoms with E-state index in [9.17, 15) is 29.8 Å². The van der Waals surface area contributed by atoms with E-state index in [1.54, 1.807) is 25.1 Å². The number of imide groups is 1. The van der Waals surface area contributed by atoms with Gasteiger partial charge in [0, 0.05) is 6.07 Å². The van der Waals surface area contributed by atoms with Crippen molar-refractivity contribution in [3.63, 3.8) is 0 Å². The number of nitro groups is 2. The van der Waals surface area contributed by atoms with Crippen molar-refractivity contribution in [3.05, 3.63) is 115 Å². The number of nitrogens with zero attached hydrogens (tertiary/aromatic N) is 3. The number of non-ortho nitro benzene ring substituents is 1. The van der Waals surface area contributed by atoms with Gasteiger partial charge in [0.25, 0.3) is 16.8 Å². The molecule has 0 unspecified atom stereocenters. The molecule has 206 valence electrons. The molecule has 0 radical (unpaired) electrons. The third kappa shape index (κ3) is 5.72. The van der Waals surface area contributed by atoms with Crippen molar-refractivity contribution in [1.82, 2.24) is 4.90 Å². The number of ether oxygens (including phenoxy) is 2. The SMILES string of the molecule is CCOc1cc(/C=C2/SC(=O)N(Cc3cccc4ccccc34)C2=O)ccc1Oc1ccc([N+](=O)[O-])cc1[N+](=O)[O-]. The van der Waals surface area contributed by atoms with Gasteiger partial charge in [-0.1, -0.05) is 48.5 Å². The van der Waals surface area contributed by atoms with Crippen molar-refractivity contribution in [2.45, 2.75) is 13.5 Å². The van der Waals surface area contributed by atoms with Gasteiger partial charge in [0.05, 0.1) is 34.0 Å². The third-order valence-corrected chi connectivity index (χ3v) is 7.12. The first kappa shape index (κ1) is 27.3. The highest BCUT2D eigenvalue weighted by atomic mass is 32.2. The molecule has 1 aliphatic rings. The molecule has 0 N–H and O–H groups in total. The molecule has 0 aliphatic carbocycles. The lowest BCUT2D eigenvalue weighted by atomic mass is 10.0. The van der Waals surface area contributed by atoms with Gasteiger partial charge in [-0.15, -0.1) is 0 Å². The second-order valence-electron chi connectivity index (χ2n) is 8.81. The maximum atomic E-state index is 13.2. The zero-order chi connectivity index (χ0) is 29.1. The summed E-state index contributed by atoms with van der Waals surface area (Å²) in [5, 5.41) is 24.1. The Morgan fingerprint density at radius 3 is 2.39 bits per heavy atom. The second-order valence-corrected chi connectivity index (χ2v) is 9.81. The van der Waals surface area contributed by atoms with Crippen LogP contribution >= 0.6 is 11.8 Å². The van der Waals surface area contributed by atoms with E-state index in [2.05, 4.69) is 0 Å². The van der Waals surface area contributed by atoms with E-state index < -0.39 is 27.1 Å². The molecule has 11 nitrogen and oxygen atoms in total. The minimum atomic E-state index is -0.772. The summed E-state index contributed by atoms with van der Waals surface area (Å²) in [6, 6.07) is 21.2. The molecule has 0 aromatic heterocycles. The number of hydrogen-bond donors (Lipinski definition) is 0. The molecule has 0 bridgehead atoms. The molecule has 1 aliphatic heterocycles. The molecule has 5 rings (SSSR count). The zero-order valence-corrected chi connectivity index (χ0v) is 22.3. The largest absolute Gasteiger partial charge is 0.490 e. The smallest absolute Gasteiger partial charge is 0.318 e. The quantitative estimate of drug-likeness (QED) is 0.117. The van der Waals surface area contributed by atoms with Gasteiger partial charge in [-0.3, -0.25) is 34.7 Å². The van der Waals surface area contributed by atoms with Crippen LogP contribution in [0.4, 0.5) is 16.2 Å². The van der Waals surface area contributed by atoms with Crippen LogP contribution in [0.15, 0.2) is 83.8 Å². The van der Waals surface area contributed by atoms with E-state index >= 15 is 0 Å². The first-order valence-corrected chi connectivity index (χ1v) is 13.2. The predicted octanol–water partition coefficient (Wildman–Crippen LogP) is 7.08. The maximum absolute atomic E-state index is 13.2. The summed E-state index contributed by atoms with van der Waals surface area (Å²) < 4.78 is 11.4. The van der Waals surface area contributed by atoms with Gasteiger partial charge in [-0.2, -0.15) is 0 Å². The number of fused-ring (bicyclic) bond motifs is 1. The van der Waals surface area contributed by atoms with Crippen LogP contribution in [-0.2, 0) is 11.3 Å². The molecule has 2 amide bonds. The Hall–Kier alpha value is -5.23. The van der Waals surface area contributed by atoms with Crippen LogP contribution in [0.25, 0.3) is 16.8 Å². The molecule has 0 saturated carbocycles. The number of benzene rings is 4. The fraction of sp³-hybridized carbons (Fsp3) is 0.103. The van der Waals surface area contributed by atoms with E-state index in [1.165, 1.54) is 11.0 Å². The lowest BCUT2D eigenvalue weighted by Crippen LogP contribution is -2.27. The van der Waals surface area contributed by atoms with Crippen molar-refractivity contribution in [3.8, 4) is 17.2 Å². The van der Waals surface area contributed by atoms with Crippen LogP contribution in [-0.4, -0.2) is 32.5 Å². The van der Waals surface area contributed by atoms with Crippen molar-refractivity contribution >= 4 is 51.1 Å². The molecule has 0 spiro atoms. The second kappa shape index (κ2) is 11.5. The Bertz CT molecular complexity index is 1750. The summed E-state index contributed by atoms with van der Waals surface area (Å²) in [5.74, 6) is -0.273. The Balaban J connectivity index is 1.40. The van der Waals surface area contributed by atoms with Crippen molar-refractivity contribution in [1.29, 1.82) is 0 Å². The molecule has 1 saturated heterocycles. The number of thioether (sulfide) groups is 1. The fourth-order valence-corrected chi connectivity index (χ4v) is 5.16. The molecule has 12 heteroatoms. The van der Waals surface area contributed by atoms with Gasteiger partial charge in [0.1, 0.15) is 0 Å². The minimum Gasteiger partial charge on any atom is -0.490 e. The maximum Gasteiger partial charge on any atom is 0.318 e. The van der Waals surface area contributed by atoms with Crippen LogP contribution in [0.5, 0.6) is 17.2 Å². The highest BCUT2D eigenvalue weighted by Crippen LogP contribution is 2.40. The van der Waals surface area contributed by atoms with E-state index in [1.807, 2.05) is 42.5 Å². The topological polar surface area (TPSA) is 142 Å². The fourth-order valence-electron chi connectivity index (χ4n) is 4.32. The summed E-state index contributed by atoms with van der Waals surface area (Å²) in [4.78, 5) is 48.5. The van der Waals surface area contributed by atoms with E-state index in [-0.39, 0.29) is 40.5 Å². The summed E-state index contributed by atoms with van der Waals surface area (Å²) in [5.41, 5.74) is 0.367. The van der Waals surface area contributed by atoms with Crippen LogP contribution in [0, 0.1) is 20.2 Å². The van der Waals surface area contributed by atoms with Gasteiger partial charge >= 0.3 is 5.69 Å². The Morgan fingerprint density at radius 1 is 0.878 bits per heavy atom. The highest BCUT2D eigenvalue weighted by Gasteiger charge is 2.35. The molecule has 1 heterocycles. The number of carbonyl (C=O) groups is 2. The predicted molar refractivity (Wildman–Crippen MR) is 153 cm³/mol. The van der Waals surface area contributed by atoms with Gasteiger partial charge in [-0.25, -0.2) is 0 Å². The number of carbonyl (C=O) groups excluding carboxylic acids is 2. The van der Waals surface area contributed by atoms with E-state index in [4.69, 9.17) is 9.47 Å². The van der Waals surface area contributed by atoms with Gasteiger partial charge in [0.2, 0.25) is 5.75 Å². The molecule has 41 heavy (non-hydrogen) atoms. The average molecular weight is 572 g/mol. The molecule has 4 aromatic carbocycles. The van der Waals surface area contributed by atoms with E-state index in [0.29, 0.717) is 5.56 Å². The Labute approximate surface area is 237 Å². The molecular formula is C29H21N3O8S. The third-order valence-electron chi connectivity index (χ3n) is 6.22. The first-order valence-electron chi connectivity index (χ1n) is 12.3. The monoisotopic (exact) mass is 571 g/mol. The summed E-state index contributed by atoms with van der Waals surface area (Å²) >= 11 is 0.833. The van der Waals surface area contributed by atoms with Gasteiger partial charge in [0.15, 0.2) is 11.5 Å².